The highest BCUT2D eigenvalue weighted by atomic mass is 16.2. The lowest BCUT2D eigenvalue weighted by molar-refractivity contribution is 0.0535. The average molecular weight is 494 g/mol. The highest BCUT2D eigenvalue weighted by Gasteiger charge is 2.35. The van der Waals surface area contributed by atoms with Crippen molar-refractivity contribution in [1.82, 2.24) is 24.7 Å². The molecular weight excluding hydrogens is 470 g/mol. The number of carbonyl (C=O) groups is 4. The number of hydrogen-bond acceptors (Lipinski definition) is 5. The van der Waals surface area contributed by atoms with E-state index in [4.69, 9.17) is 0 Å². The molecule has 0 radical (unpaired) electrons. The molecule has 1 N–H and O–H groups in total. The average Bonchev–Trinajstić information content (AvgIpc) is 3.51. The first-order chi connectivity index (χ1) is 18.0. The van der Waals surface area contributed by atoms with Gasteiger partial charge in [-0.2, -0.15) is 0 Å². The van der Waals surface area contributed by atoms with Crippen LogP contribution in [0.15, 0.2) is 73.1 Å². The predicted molar refractivity (Wildman–Crippen MR) is 135 cm³/mol. The van der Waals surface area contributed by atoms with E-state index < -0.39 is 0 Å². The van der Waals surface area contributed by atoms with Crippen molar-refractivity contribution >= 4 is 34.7 Å². The standard InChI is InChI=1S/C28H23N5O4/c34-25(31-10-12-32(13-11-31)26(35)20-8-9-23-24(15-20)30-17-29-23)19-5-3-4-18(14-19)16-33-27(36)21-6-1-2-7-22(21)28(33)37/h1-9,14-15,17H,10-13,16H2,(H,29,30). The third-order valence-electron chi connectivity index (χ3n) is 6.91. The Morgan fingerprint density at radius 1 is 0.757 bits per heavy atom. The van der Waals surface area contributed by atoms with E-state index in [0.717, 1.165) is 11.0 Å². The van der Waals surface area contributed by atoms with Gasteiger partial charge >= 0.3 is 0 Å². The molecule has 184 valence electrons. The lowest BCUT2D eigenvalue weighted by Crippen LogP contribution is -2.50. The summed E-state index contributed by atoms with van der Waals surface area (Å²) < 4.78 is 0. The summed E-state index contributed by atoms with van der Waals surface area (Å²) in [7, 11) is 0. The number of amides is 4. The van der Waals surface area contributed by atoms with Gasteiger partial charge in [0.2, 0.25) is 0 Å². The van der Waals surface area contributed by atoms with Crippen molar-refractivity contribution < 1.29 is 19.2 Å². The summed E-state index contributed by atoms with van der Waals surface area (Å²) in [6.07, 6.45) is 1.60. The van der Waals surface area contributed by atoms with E-state index in [2.05, 4.69) is 9.97 Å². The zero-order chi connectivity index (χ0) is 25.5. The molecule has 9 nitrogen and oxygen atoms in total. The number of hydrogen-bond donors (Lipinski definition) is 1. The van der Waals surface area contributed by atoms with Crippen LogP contribution in [0.25, 0.3) is 11.0 Å². The van der Waals surface area contributed by atoms with Crippen molar-refractivity contribution in [1.29, 1.82) is 0 Å². The predicted octanol–water partition coefficient (Wildman–Crippen LogP) is 2.96. The third kappa shape index (κ3) is 4.04. The number of imide groups is 1. The number of fused-ring (bicyclic) bond motifs is 2. The minimum atomic E-state index is -0.329. The van der Waals surface area contributed by atoms with Gasteiger partial charge in [0.05, 0.1) is 35.0 Å². The van der Waals surface area contributed by atoms with Crippen LogP contribution < -0.4 is 0 Å². The molecule has 1 saturated heterocycles. The van der Waals surface area contributed by atoms with Crippen LogP contribution in [-0.4, -0.2) is 74.5 Å². The van der Waals surface area contributed by atoms with E-state index in [1.54, 1.807) is 76.8 Å². The maximum Gasteiger partial charge on any atom is 0.261 e. The second kappa shape index (κ2) is 9.02. The van der Waals surface area contributed by atoms with Gasteiger partial charge in [0.25, 0.3) is 23.6 Å². The van der Waals surface area contributed by atoms with Gasteiger partial charge < -0.3 is 14.8 Å². The van der Waals surface area contributed by atoms with Gasteiger partial charge in [-0.1, -0.05) is 24.3 Å². The van der Waals surface area contributed by atoms with Crippen molar-refractivity contribution in [2.45, 2.75) is 6.54 Å². The van der Waals surface area contributed by atoms with Gasteiger partial charge in [-0.05, 0) is 48.0 Å². The fourth-order valence-corrected chi connectivity index (χ4v) is 4.91. The summed E-state index contributed by atoms with van der Waals surface area (Å²) in [5.74, 6) is -0.878. The number of nitrogens with zero attached hydrogens (tertiary/aromatic N) is 4. The number of nitrogens with one attached hydrogen (secondary N) is 1. The smallest absolute Gasteiger partial charge is 0.261 e. The summed E-state index contributed by atoms with van der Waals surface area (Å²) in [4.78, 5) is 63.5. The van der Waals surface area contributed by atoms with E-state index in [0.29, 0.717) is 54.0 Å². The fraction of sp³-hybridized carbons (Fsp3) is 0.179. The van der Waals surface area contributed by atoms with E-state index >= 15 is 0 Å². The van der Waals surface area contributed by atoms with Crippen molar-refractivity contribution in [2.75, 3.05) is 26.2 Å². The van der Waals surface area contributed by atoms with Crippen molar-refractivity contribution in [3.8, 4) is 0 Å². The first kappa shape index (κ1) is 22.7. The Hall–Kier alpha value is -4.79. The van der Waals surface area contributed by atoms with Crippen LogP contribution in [0.5, 0.6) is 0 Å². The van der Waals surface area contributed by atoms with Crippen LogP contribution in [0.3, 0.4) is 0 Å². The van der Waals surface area contributed by atoms with Crippen molar-refractivity contribution in [3.05, 3.63) is 101 Å². The molecule has 2 aliphatic heterocycles. The summed E-state index contributed by atoms with van der Waals surface area (Å²) in [5, 5.41) is 0. The Labute approximate surface area is 212 Å². The van der Waals surface area contributed by atoms with Gasteiger partial charge in [0.15, 0.2) is 0 Å². The van der Waals surface area contributed by atoms with Crippen LogP contribution in [0.4, 0.5) is 0 Å². The number of H-pyrrole nitrogens is 1. The van der Waals surface area contributed by atoms with Crippen molar-refractivity contribution in [2.24, 2.45) is 0 Å². The molecular formula is C28H23N5O4. The topological polar surface area (TPSA) is 107 Å². The molecule has 4 aromatic rings. The molecule has 9 heteroatoms. The Morgan fingerprint density at radius 2 is 1.38 bits per heavy atom. The molecule has 4 amide bonds. The number of imidazole rings is 1. The van der Waals surface area contributed by atoms with Gasteiger partial charge in [-0.25, -0.2) is 4.98 Å². The Balaban J connectivity index is 1.10. The zero-order valence-corrected chi connectivity index (χ0v) is 19.9. The van der Waals surface area contributed by atoms with E-state index in [1.807, 2.05) is 6.07 Å². The number of carbonyl (C=O) groups excluding carboxylic acids is 4. The number of aromatic nitrogens is 2. The second-order valence-electron chi connectivity index (χ2n) is 9.16. The van der Waals surface area contributed by atoms with E-state index in [1.165, 1.54) is 4.90 Å². The highest BCUT2D eigenvalue weighted by Crippen LogP contribution is 2.25. The number of piperazine rings is 1. The maximum atomic E-state index is 13.2. The SMILES string of the molecule is O=C(c1cccc(CN2C(=O)c3ccccc3C2=O)c1)N1CCN(C(=O)c2ccc3nc[nH]c3c2)CC1. The summed E-state index contributed by atoms with van der Waals surface area (Å²) in [5.41, 5.74) is 4.17. The molecule has 0 atom stereocenters. The zero-order valence-electron chi connectivity index (χ0n) is 19.9. The lowest BCUT2D eigenvalue weighted by Gasteiger charge is -2.35. The third-order valence-corrected chi connectivity index (χ3v) is 6.91. The van der Waals surface area contributed by atoms with Crippen molar-refractivity contribution in [3.63, 3.8) is 0 Å². The molecule has 0 saturated carbocycles. The minimum Gasteiger partial charge on any atom is -0.345 e. The first-order valence-electron chi connectivity index (χ1n) is 12.1. The minimum absolute atomic E-state index is 0.0773. The molecule has 6 rings (SSSR count). The molecule has 3 aromatic carbocycles. The molecule has 3 heterocycles. The molecule has 0 unspecified atom stereocenters. The highest BCUT2D eigenvalue weighted by molar-refractivity contribution is 6.21. The Bertz CT molecular complexity index is 1530. The second-order valence-corrected chi connectivity index (χ2v) is 9.16. The summed E-state index contributed by atoms with van der Waals surface area (Å²) >= 11 is 0. The Morgan fingerprint density at radius 3 is 2.03 bits per heavy atom. The van der Waals surface area contributed by atoms with E-state index in [9.17, 15) is 19.2 Å². The summed E-state index contributed by atoms with van der Waals surface area (Å²) in [6, 6.07) is 19.1. The molecule has 0 bridgehead atoms. The molecule has 37 heavy (non-hydrogen) atoms. The quantitative estimate of drug-likeness (QED) is 0.440. The number of benzene rings is 3. The van der Waals surface area contributed by atoms with Crippen LogP contribution in [0.2, 0.25) is 0 Å². The molecule has 0 spiro atoms. The number of aromatic amines is 1. The van der Waals surface area contributed by atoms with Gasteiger partial charge in [0, 0.05) is 37.3 Å². The van der Waals surface area contributed by atoms with Crippen LogP contribution in [0, 0.1) is 0 Å². The fourth-order valence-electron chi connectivity index (χ4n) is 4.91. The molecule has 1 fully saturated rings. The van der Waals surface area contributed by atoms with Gasteiger partial charge in [-0.15, -0.1) is 0 Å². The Kier molecular flexibility index (Phi) is 5.52. The van der Waals surface area contributed by atoms with Gasteiger partial charge in [-0.3, -0.25) is 24.1 Å². The normalized spacial score (nSPS) is 15.4. The van der Waals surface area contributed by atoms with Gasteiger partial charge in [0.1, 0.15) is 0 Å². The largest absolute Gasteiger partial charge is 0.345 e. The molecule has 2 aliphatic rings. The lowest BCUT2D eigenvalue weighted by atomic mass is 10.1. The monoisotopic (exact) mass is 493 g/mol. The molecule has 0 aliphatic carbocycles. The first-order valence-corrected chi connectivity index (χ1v) is 12.1. The number of rotatable bonds is 4. The summed E-state index contributed by atoms with van der Waals surface area (Å²) in [6.45, 7) is 1.79. The molecule has 1 aromatic heterocycles. The van der Waals surface area contributed by atoms with E-state index in [-0.39, 0.29) is 30.2 Å². The maximum absolute atomic E-state index is 13.2. The van der Waals surface area contributed by atoms with Crippen LogP contribution in [-0.2, 0) is 6.54 Å². The van der Waals surface area contributed by atoms with Crippen LogP contribution in [0.1, 0.15) is 47.0 Å². The van der Waals surface area contributed by atoms with Crippen LogP contribution >= 0.6 is 0 Å².